The number of aliphatic hydroxyl groups excluding tert-OH is 2. The van der Waals surface area contributed by atoms with E-state index in [2.05, 4.69) is 35.6 Å². The Labute approximate surface area is 115 Å². The lowest BCUT2D eigenvalue weighted by Gasteiger charge is -2.36. The Kier molecular flexibility index (Phi) is 4.97. The van der Waals surface area contributed by atoms with Crippen molar-refractivity contribution in [3.05, 3.63) is 35.9 Å². The maximum atomic E-state index is 9.32. The third-order valence-electron chi connectivity index (χ3n) is 4.25. The lowest BCUT2D eigenvalue weighted by Crippen LogP contribution is -2.54. The van der Waals surface area contributed by atoms with Gasteiger partial charge in [0.2, 0.25) is 0 Å². The van der Waals surface area contributed by atoms with E-state index in [0.717, 1.165) is 12.8 Å². The molecule has 0 bridgehead atoms. The Hall–Kier alpha value is -0.900. The molecule has 0 spiro atoms. The van der Waals surface area contributed by atoms with E-state index in [1.54, 1.807) is 0 Å². The molecule has 0 aromatic heterocycles. The van der Waals surface area contributed by atoms with Gasteiger partial charge in [0.15, 0.2) is 0 Å². The van der Waals surface area contributed by atoms with Gasteiger partial charge in [-0.05, 0) is 44.1 Å². The molecule has 1 aliphatic rings. The topological polar surface area (TPSA) is 52.5 Å². The van der Waals surface area contributed by atoms with Crippen LogP contribution in [0.3, 0.4) is 0 Å². The summed E-state index contributed by atoms with van der Waals surface area (Å²) >= 11 is 0. The van der Waals surface area contributed by atoms with Gasteiger partial charge in [0.05, 0.1) is 18.8 Å². The van der Waals surface area contributed by atoms with Crippen LogP contribution in [-0.2, 0) is 0 Å². The molecule has 0 aliphatic heterocycles. The summed E-state index contributed by atoms with van der Waals surface area (Å²) < 4.78 is 0. The van der Waals surface area contributed by atoms with Crippen molar-refractivity contribution in [2.24, 2.45) is 0 Å². The first-order chi connectivity index (χ1) is 9.17. The number of hydrogen-bond donors (Lipinski definition) is 3. The number of aliphatic hydroxyl groups is 2. The zero-order valence-electron chi connectivity index (χ0n) is 11.7. The fourth-order valence-corrected chi connectivity index (χ4v) is 2.93. The predicted molar refractivity (Wildman–Crippen MR) is 77.2 cm³/mol. The fourth-order valence-electron chi connectivity index (χ4n) is 2.93. The zero-order valence-corrected chi connectivity index (χ0v) is 11.7. The van der Waals surface area contributed by atoms with Gasteiger partial charge in [-0.25, -0.2) is 0 Å². The molecule has 2 rings (SSSR count). The maximum Gasteiger partial charge on any atom is 0.0633 e. The summed E-state index contributed by atoms with van der Waals surface area (Å²) in [6, 6.07) is 11.1. The first kappa shape index (κ1) is 14.5. The molecule has 0 amide bonds. The monoisotopic (exact) mass is 263 g/mol. The van der Waals surface area contributed by atoms with Gasteiger partial charge in [-0.1, -0.05) is 30.3 Å². The van der Waals surface area contributed by atoms with Crippen LogP contribution < -0.4 is 5.32 Å². The molecule has 3 N–H and O–H groups in total. The second-order valence-electron chi connectivity index (χ2n) is 5.98. The smallest absolute Gasteiger partial charge is 0.0633 e. The summed E-state index contributed by atoms with van der Waals surface area (Å²) in [7, 11) is 0. The molecule has 1 fully saturated rings. The first-order valence-electron chi connectivity index (χ1n) is 7.21. The highest BCUT2D eigenvalue weighted by atomic mass is 16.3. The summed E-state index contributed by atoms with van der Waals surface area (Å²) in [5, 5.41) is 22.1. The van der Waals surface area contributed by atoms with E-state index in [0.29, 0.717) is 12.0 Å². The van der Waals surface area contributed by atoms with Crippen molar-refractivity contribution in [1.82, 2.24) is 5.32 Å². The summed E-state index contributed by atoms with van der Waals surface area (Å²) in [6.45, 7) is 1.82. The molecule has 0 unspecified atom stereocenters. The van der Waals surface area contributed by atoms with E-state index in [1.807, 2.05) is 6.92 Å². The van der Waals surface area contributed by atoms with Crippen molar-refractivity contribution >= 4 is 0 Å². The van der Waals surface area contributed by atoms with Gasteiger partial charge in [-0.3, -0.25) is 0 Å². The molecule has 1 saturated carbocycles. The highest BCUT2D eigenvalue weighted by Crippen LogP contribution is 2.33. The van der Waals surface area contributed by atoms with Gasteiger partial charge >= 0.3 is 0 Å². The molecule has 106 valence electrons. The van der Waals surface area contributed by atoms with E-state index < -0.39 is 5.54 Å². The van der Waals surface area contributed by atoms with Crippen LogP contribution in [0.4, 0.5) is 0 Å². The van der Waals surface area contributed by atoms with Crippen LogP contribution in [0.15, 0.2) is 30.3 Å². The largest absolute Gasteiger partial charge is 0.394 e. The molecule has 3 heteroatoms. The maximum absolute atomic E-state index is 9.32. The third-order valence-corrected chi connectivity index (χ3v) is 4.25. The van der Waals surface area contributed by atoms with E-state index in [9.17, 15) is 10.2 Å². The van der Waals surface area contributed by atoms with Crippen LogP contribution in [0.2, 0.25) is 0 Å². The zero-order chi connectivity index (χ0) is 13.7. The van der Waals surface area contributed by atoms with Crippen LogP contribution >= 0.6 is 0 Å². The van der Waals surface area contributed by atoms with Gasteiger partial charge in [-0.15, -0.1) is 0 Å². The van der Waals surface area contributed by atoms with Crippen molar-refractivity contribution in [2.45, 2.75) is 50.1 Å². The minimum absolute atomic E-state index is 0.0257. The molecular weight excluding hydrogens is 238 g/mol. The second-order valence-corrected chi connectivity index (χ2v) is 5.98. The third kappa shape index (κ3) is 3.78. The lowest BCUT2D eigenvalue weighted by atomic mass is 9.81. The Bertz CT molecular complexity index is 368. The Balaban J connectivity index is 1.86. The van der Waals surface area contributed by atoms with E-state index in [1.165, 1.54) is 18.4 Å². The molecule has 3 nitrogen and oxygen atoms in total. The number of benzene rings is 1. The van der Waals surface area contributed by atoms with Gasteiger partial charge in [-0.2, -0.15) is 0 Å². The normalized spacial score (nSPS) is 24.4. The molecule has 1 aromatic rings. The van der Waals surface area contributed by atoms with Crippen molar-refractivity contribution < 1.29 is 10.2 Å². The van der Waals surface area contributed by atoms with E-state index in [-0.39, 0.29) is 13.2 Å². The fraction of sp³-hybridized carbons (Fsp3) is 0.625. The van der Waals surface area contributed by atoms with Crippen LogP contribution in [0.25, 0.3) is 0 Å². The highest BCUT2D eigenvalue weighted by molar-refractivity contribution is 5.20. The van der Waals surface area contributed by atoms with Crippen molar-refractivity contribution in [3.63, 3.8) is 0 Å². The molecule has 19 heavy (non-hydrogen) atoms. The molecule has 1 aromatic carbocycles. The number of nitrogens with one attached hydrogen (secondary N) is 1. The van der Waals surface area contributed by atoms with Crippen LogP contribution in [0, 0.1) is 0 Å². The van der Waals surface area contributed by atoms with E-state index >= 15 is 0 Å². The average Bonchev–Trinajstić information content (AvgIpc) is 2.49. The van der Waals surface area contributed by atoms with Gasteiger partial charge in [0.25, 0.3) is 0 Å². The molecule has 0 atom stereocenters. The summed E-state index contributed by atoms with van der Waals surface area (Å²) in [6.07, 6.45) is 4.56. The second kappa shape index (κ2) is 6.51. The van der Waals surface area contributed by atoms with Gasteiger partial charge in [0.1, 0.15) is 0 Å². The quantitative estimate of drug-likeness (QED) is 0.762. The molecular formula is C16H25NO2. The predicted octanol–water partition coefficient (Wildman–Crippen LogP) is 2.05. The van der Waals surface area contributed by atoms with Gasteiger partial charge < -0.3 is 15.5 Å². The van der Waals surface area contributed by atoms with Crippen LogP contribution in [0.1, 0.15) is 44.1 Å². The molecule has 0 radical (unpaired) electrons. The molecule has 1 aliphatic carbocycles. The minimum Gasteiger partial charge on any atom is -0.394 e. The Morgan fingerprint density at radius 3 is 2.16 bits per heavy atom. The summed E-state index contributed by atoms with van der Waals surface area (Å²) in [4.78, 5) is 0. The number of rotatable bonds is 5. The van der Waals surface area contributed by atoms with Crippen molar-refractivity contribution in [2.75, 3.05) is 13.2 Å². The van der Waals surface area contributed by atoms with Crippen molar-refractivity contribution in [3.8, 4) is 0 Å². The first-order valence-corrected chi connectivity index (χ1v) is 7.21. The van der Waals surface area contributed by atoms with Gasteiger partial charge in [0, 0.05) is 6.04 Å². The molecule has 0 saturated heterocycles. The minimum atomic E-state index is -0.551. The Morgan fingerprint density at radius 2 is 1.63 bits per heavy atom. The Morgan fingerprint density at radius 1 is 1.05 bits per heavy atom. The average molecular weight is 263 g/mol. The summed E-state index contributed by atoms with van der Waals surface area (Å²) in [5.41, 5.74) is 0.887. The van der Waals surface area contributed by atoms with Crippen LogP contribution in [0.5, 0.6) is 0 Å². The lowest BCUT2D eigenvalue weighted by molar-refractivity contribution is 0.0873. The summed E-state index contributed by atoms with van der Waals surface area (Å²) in [5.74, 6) is 0.661. The van der Waals surface area contributed by atoms with Crippen LogP contribution in [-0.4, -0.2) is 35.0 Å². The molecule has 0 heterocycles. The SMILES string of the molecule is CC(CO)(CO)NC1CCC(c2ccccc2)CC1. The highest BCUT2D eigenvalue weighted by Gasteiger charge is 2.29. The van der Waals surface area contributed by atoms with Crippen molar-refractivity contribution in [1.29, 1.82) is 0 Å². The number of hydrogen-bond acceptors (Lipinski definition) is 3. The standard InChI is InChI=1S/C16H25NO2/c1-16(11-18,12-19)17-15-9-7-14(8-10-15)13-5-3-2-4-6-13/h2-6,14-15,17-19H,7-12H2,1H3. The van der Waals surface area contributed by atoms with E-state index in [4.69, 9.17) is 0 Å².